The first-order chi connectivity index (χ1) is 9.78. The van der Waals surface area contributed by atoms with Crippen LogP contribution in [0.1, 0.15) is 12.0 Å². The third kappa shape index (κ3) is 2.45. The number of anilines is 1. The summed E-state index contributed by atoms with van der Waals surface area (Å²) in [4.78, 5) is 0. The van der Waals surface area contributed by atoms with E-state index in [1.807, 2.05) is 54.6 Å². The Balaban J connectivity index is 1.95. The fraction of sp³-hybridized carbons (Fsp3) is 0.125. The largest absolute Gasteiger partial charge is 0.248 e. The van der Waals surface area contributed by atoms with Gasteiger partial charge in [0.05, 0.1) is 17.5 Å². The zero-order valence-corrected chi connectivity index (χ0v) is 12.3. The Labute approximate surface area is 126 Å². The van der Waals surface area contributed by atoms with Crippen LogP contribution in [0.2, 0.25) is 0 Å². The molecule has 0 aromatic heterocycles. The highest BCUT2D eigenvalue weighted by Gasteiger charge is 2.28. The minimum absolute atomic E-state index is 0.244. The van der Waals surface area contributed by atoms with Crippen LogP contribution in [0.5, 0.6) is 0 Å². The molecule has 1 heterocycles. The zero-order valence-electron chi connectivity index (χ0n) is 10.7. The normalized spacial score (nSPS) is 17.7. The molecule has 1 aliphatic heterocycles. The second kappa shape index (κ2) is 5.48. The van der Waals surface area contributed by atoms with E-state index in [0.717, 1.165) is 21.4 Å². The lowest BCUT2D eigenvalue weighted by Gasteiger charge is -2.17. The Bertz CT molecular complexity index is 671. The van der Waals surface area contributed by atoms with Gasteiger partial charge < -0.3 is 0 Å². The number of nitriles is 1. The van der Waals surface area contributed by atoms with Crippen molar-refractivity contribution in [3.05, 3.63) is 64.6 Å². The highest BCUT2D eigenvalue weighted by molar-refractivity contribution is 9.10. The van der Waals surface area contributed by atoms with E-state index in [1.165, 1.54) is 0 Å². The summed E-state index contributed by atoms with van der Waals surface area (Å²) in [6.45, 7) is 0. The lowest BCUT2D eigenvalue weighted by Crippen LogP contribution is -2.24. The number of rotatable bonds is 2. The van der Waals surface area contributed by atoms with Crippen molar-refractivity contribution >= 4 is 27.3 Å². The Hall–Kier alpha value is -2.12. The van der Waals surface area contributed by atoms with Crippen LogP contribution in [0.15, 0.2) is 64.2 Å². The van der Waals surface area contributed by atoms with E-state index in [2.05, 4.69) is 27.1 Å². The Morgan fingerprint density at radius 3 is 2.45 bits per heavy atom. The summed E-state index contributed by atoms with van der Waals surface area (Å²) in [6, 6.07) is 19.9. The van der Waals surface area contributed by atoms with Crippen LogP contribution in [-0.4, -0.2) is 11.8 Å². The molecule has 0 fully saturated rings. The molecular weight excluding hydrogens is 314 g/mol. The fourth-order valence-electron chi connectivity index (χ4n) is 2.25. The maximum atomic E-state index is 9.34. The smallest absolute Gasteiger partial charge is 0.144 e. The molecule has 0 bridgehead atoms. The van der Waals surface area contributed by atoms with Gasteiger partial charge in [-0.25, -0.2) is 5.01 Å². The van der Waals surface area contributed by atoms with Crippen molar-refractivity contribution in [1.29, 1.82) is 5.26 Å². The second-order valence-electron chi connectivity index (χ2n) is 4.58. The van der Waals surface area contributed by atoms with Crippen LogP contribution in [-0.2, 0) is 0 Å². The summed E-state index contributed by atoms with van der Waals surface area (Å²) in [6.07, 6.45) is 0.649. The maximum absolute atomic E-state index is 9.34. The van der Waals surface area contributed by atoms with Gasteiger partial charge in [0.25, 0.3) is 0 Å². The van der Waals surface area contributed by atoms with Gasteiger partial charge in [-0.2, -0.15) is 10.4 Å². The van der Waals surface area contributed by atoms with Gasteiger partial charge in [-0.15, -0.1) is 0 Å². The van der Waals surface area contributed by atoms with Crippen molar-refractivity contribution in [2.24, 2.45) is 5.10 Å². The van der Waals surface area contributed by atoms with Crippen LogP contribution in [0.3, 0.4) is 0 Å². The van der Waals surface area contributed by atoms with Crippen molar-refractivity contribution in [1.82, 2.24) is 0 Å². The van der Waals surface area contributed by atoms with E-state index in [9.17, 15) is 5.26 Å². The molecule has 98 valence electrons. The minimum atomic E-state index is -0.244. The summed E-state index contributed by atoms with van der Waals surface area (Å²) >= 11 is 3.42. The maximum Gasteiger partial charge on any atom is 0.144 e. The minimum Gasteiger partial charge on any atom is -0.248 e. The van der Waals surface area contributed by atoms with Gasteiger partial charge in [0.1, 0.15) is 6.04 Å². The van der Waals surface area contributed by atoms with Crippen LogP contribution in [0.25, 0.3) is 0 Å². The molecule has 0 spiro atoms. The molecule has 2 aromatic carbocycles. The Kier molecular flexibility index (Phi) is 3.53. The lowest BCUT2D eigenvalue weighted by molar-refractivity contribution is 0.799. The molecule has 0 N–H and O–H groups in total. The predicted molar refractivity (Wildman–Crippen MR) is 83.6 cm³/mol. The van der Waals surface area contributed by atoms with Crippen LogP contribution in [0, 0.1) is 11.3 Å². The van der Waals surface area contributed by atoms with Crippen molar-refractivity contribution in [2.45, 2.75) is 12.5 Å². The quantitative estimate of drug-likeness (QED) is 0.838. The van der Waals surface area contributed by atoms with Crippen LogP contribution < -0.4 is 5.01 Å². The molecule has 0 saturated carbocycles. The van der Waals surface area contributed by atoms with Crippen molar-refractivity contribution in [3.63, 3.8) is 0 Å². The number of benzene rings is 2. The molecule has 0 amide bonds. The molecule has 1 aliphatic rings. The number of hydrogen-bond acceptors (Lipinski definition) is 3. The van der Waals surface area contributed by atoms with E-state index in [4.69, 9.17) is 0 Å². The van der Waals surface area contributed by atoms with Gasteiger partial charge in [-0.1, -0.05) is 46.3 Å². The first kappa shape index (κ1) is 12.9. The third-order valence-corrected chi connectivity index (χ3v) is 3.79. The van der Waals surface area contributed by atoms with Gasteiger partial charge >= 0.3 is 0 Å². The van der Waals surface area contributed by atoms with E-state index >= 15 is 0 Å². The molecule has 2 aromatic rings. The Morgan fingerprint density at radius 2 is 1.80 bits per heavy atom. The van der Waals surface area contributed by atoms with E-state index < -0.39 is 0 Å². The van der Waals surface area contributed by atoms with Gasteiger partial charge in [-0.3, -0.25) is 0 Å². The molecule has 0 unspecified atom stereocenters. The monoisotopic (exact) mass is 325 g/mol. The number of hydrogen-bond donors (Lipinski definition) is 0. The molecule has 3 rings (SSSR count). The van der Waals surface area contributed by atoms with E-state index in [-0.39, 0.29) is 6.04 Å². The van der Waals surface area contributed by atoms with Gasteiger partial charge in [-0.05, 0) is 29.8 Å². The van der Waals surface area contributed by atoms with Gasteiger partial charge in [0.2, 0.25) is 0 Å². The van der Waals surface area contributed by atoms with E-state index in [0.29, 0.717) is 6.42 Å². The summed E-state index contributed by atoms with van der Waals surface area (Å²) in [5, 5.41) is 15.8. The SMILES string of the molecule is N#C[C@H]1CC(c2ccccc2)=NN1c1ccc(Br)cc1. The zero-order chi connectivity index (χ0) is 13.9. The van der Waals surface area contributed by atoms with Gasteiger partial charge in [0, 0.05) is 10.9 Å². The van der Waals surface area contributed by atoms with Crippen LogP contribution in [0.4, 0.5) is 5.69 Å². The summed E-state index contributed by atoms with van der Waals surface area (Å²) in [5.74, 6) is 0. The average molecular weight is 326 g/mol. The van der Waals surface area contributed by atoms with Crippen molar-refractivity contribution in [3.8, 4) is 6.07 Å². The summed E-state index contributed by atoms with van der Waals surface area (Å²) in [7, 11) is 0. The molecule has 3 nitrogen and oxygen atoms in total. The van der Waals surface area contributed by atoms with Gasteiger partial charge in [0.15, 0.2) is 0 Å². The first-order valence-electron chi connectivity index (χ1n) is 6.35. The molecule has 0 aliphatic carbocycles. The predicted octanol–water partition coefficient (Wildman–Crippen LogP) is 3.96. The number of hydrazone groups is 1. The molecule has 20 heavy (non-hydrogen) atoms. The van der Waals surface area contributed by atoms with E-state index in [1.54, 1.807) is 5.01 Å². The standard InChI is InChI=1S/C16H12BrN3/c17-13-6-8-14(9-7-13)20-15(11-18)10-16(19-20)12-4-2-1-3-5-12/h1-9,15H,10H2/t15-/m1/s1. The topological polar surface area (TPSA) is 39.4 Å². The highest BCUT2D eigenvalue weighted by Crippen LogP contribution is 2.27. The third-order valence-electron chi connectivity index (χ3n) is 3.26. The van der Waals surface area contributed by atoms with Crippen molar-refractivity contribution < 1.29 is 0 Å². The molecule has 4 heteroatoms. The first-order valence-corrected chi connectivity index (χ1v) is 7.14. The number of halogens is 1. The lowest BCUT2D eigenvalue weighted by atomic mass is 10.0. The fourth-order valence-corrected chi connectivity index (χ4v) is 2.51. The number of nitrogens with zero attached hydrogens (tertiary/aromatic N) is 3. The van der Waals surface area contributed by atoms with Crippen LogP contribution >= 0.6 is 15.9 Å². The Morgan fingerprint density at radius 1 is 1.10 bits per heavy atom. The average Bonchev–Trinajstić information content (AvgIpc) is 2.93. The molecule has 0 radical (unpaired) electrons. The molecule has 0 saturated heterocycles. The highest BCUT2D eigenvalue weighted by atomic mass is 79.9. The second-order valence-corrected chi connectivity index (χ2v) is 5.50. The molecular formula is C16H12BrN3. The summed E-state index contributed by atoms with van der Waals surface area (Å²) in [5.41, 5.74) is 2.97. The summed E-state index contributed by atoms with van der Waals surface area (Å²) < 4.78 is 1.02. The molecule has 1 atom stereocenters. The van der Waals surface area contributed by atoms with Crippen molar-refractivity contribution in [2.75, 3.05) is 5.01 Å².